The van der Waals surface area contributed by atoms with E-state index in [4.69, 9.17) is 9.47 Å². The maximum atomic E-state index is 12.5. The first-order chi connectivity index (χ1) is 13.6. The van der Waals surface area contributed by atoms with Gasteiger partial charge in [0.2, 0.25) is 6.79 Å². The van der Waals surface area contributed by atoms with Crippen LogP contribution in [0.15, 0.2) is 60.7 Å². The highest BCUT2D eigenvalue weighted by molar-refractivity contribution is 6.06. The number of carbonyl (C=O) groups is 2. The van der Waals surface area contributed by atoms with Gasteiger partial charge in [0.1, 0.15) is 11.4 Å². The summed E-state index contributed by atoms with van der Waals surface area (Å²) in [5.41, 5.74) is 2.47. The largest absolute Gasteiger partial charge is 0.454 e. The molecule has 0 atom stereocenters. The molecule has 2 amide bonds. The van der Waals surface area contributed by atoms with Crippen molar-refractivity contribution in [3.63, 3.8) is 0 Å². The molecule has 2 N–H and O–H groups in total. The van der Waals surface area contributed by atoms with E-state index in [0.717, 1.165) is 5.56 Å². The average molecular weight is 375 g/mol. The SMILES string of the molecule is Cc1ccccc1NC(=O)c1cccc(C(=O)Nc2ccc3c(c2)OCO3)n1. The van der Waals surface area contributed by atoms with E-state index < -0.39 is 5.91 Å². The number of anilines is 2. The van der Waals surface area contributed by atoms with Crippen molar-refractivity contribution in [2.75, 3.05) is 17.4 Å². The first-order valence-corrected chi connectivity index (χ1v) is 8.65. The molecule has 2 aromatic carbocycles. The van der Waals surface area contributed by atoms with Crippen LogP contribution in [0, 0.1) is 6.92 Å². The molecule has 3 aromatic rings. The number of aromatic nitrogens is 1. The summed E-state index contributed by atoms with van der Waals surface area (Å²) in [6.07, 6.45) is 0. The van der Waals surface area contributed by atoms with Gasteiger partial charge in [0.15, 0.2) is 11.5 Å². The lowest BCUT2D eigenvalue weighted by Crippen LogP contribution is -2.18. The Labute approximate surface area is 161 Å². The zero-order chi connectivity index (χ0) is 19.5. The third kappa shape index (κ3) is 3.64. The number of aryl methyl sites for hydroxylation is 1. The summed E-state index contributed by atoms with van der Waals surface area (Å²) in [6.45, 7) is 2.06. The minimum Gasteiger partial charge on any atom is -0.454 e. The first-order valence-electron chi connectivity index (χ1n) is 8.65. The molecule has 1 aliphatic heterocycles. The smallest absolute Gasteiger partial charge is 0.274 e. The van der Waals surface area contributed by atoms with Crippen LogP contribution in [0.4, 0.5) is 11.4 Å². The molecule has 7 nitrogen and oxygen atoms in total. The number of amides is 2. The molecule has 28 heavy (non-hydrogen) atoms. The zero-order valence-electron chi connectivity index (χ0n) is 15.1. The Morgan fingerprint density at radius 3 is 2.36 bits per heavy atom. The van der Waals surface area contributed by atoms with Crippen LogP contribution in [0.5, 0.6) is 11.5 Å². The average Bonchev–Trinajstić information content (AvgIpc) is 3.17. The first kappa shape index (κ1) is 17.5. The topological polar surface area (TPSA) is 89.6 Å². The third-order valence-electron chi connectivity index (χ3n) is 4.24. The van der Waals surface area contributed by atoms with Crippen molar-refractivity contribution >= 4 is 23.2 Å². The highest BCUT2D eigenvalue weighted by atomic mass is 16.7. The van der Waals surface area contributed by atoms with E-state index >= 15 is 0 Å². The summed E-state index contributed by atoms with van der Waals surface area (Å²) in [4.78, 5) is 29.2. The van der Waals surface area contributed by atoms with Crippen LogP contribution in [0.25, 0.3) is 0 Å². The molecular weight excluding hydrogens is 358 g/mol. The van der Waals surface area contributed by atoms with Crippen LogP contribution in [-0.2, 0) is 0 Å². The summed E-state index contributed by atoms with van der Waals surface area (Å²) in [7, 11) is 0. The second-order valence-electron chi connectivity index (χ2n) is 6.20. The Morgan fingerprint density at radius 2 is 1.57 bits per heavy atom. The molecule has 1 aliphatic rings. The van der Waals surface area contributed by atoms with Crippen molar-refractivity contribution in [2.24, 2.45) is 0 Å². The summed E-state index contributed by atoms with van der Waals surface area (Å²) >= 11 is 0. The van der Waals surface area contributed by atoms with Gasteiger partial charge in [0.05, 0.1) is 0 Å². The van der Waals surface area contributed by atoms with Gasteiger partial charge in [-0.15, -0.1) is 0 Å². The van der Waals surface area contributed by atoms with E-state index in [1.54, 1.807) is 36.4 Å². The molecule has 2 heterocycles. The quantitative estimate of drug-likeness (QED) is 0.727. The molecule has 0 fully saturated rings. The van der Waals surface area contributed by atoms with E-state index in [0.29, 0.717) is 22.9 Å². The van der Waals surface area contributed by atoms with Gasteiger partial charge in [-0.3, -0.25) is 9.59 Å². The highest BCUT2D eigenvalue weighted by Gasteiger charge is 2.16. The Morgan fingerprint density at radius 1 is 0.857 bits per heavy atom. The van der Waals surface area contributed by atoms with Crippen LogP contribution >= 0.6 is 0 Å². The number of nitrogens with one attached hydrogen (secondary N) is 2. The molecule has 140 valence electrons. The standard InChI is InChI=1S/C21H17N3O4/c1-13-5-2-3-6-15(13)24-21(26)17-8-4-7-16(23-17)20(25)22-14-9-10-18-19(11-14)28-12-27-18/h2-11H,12H2,1H3,(H,22,25)(H,24,26). The summed E-state index contributed by atoms with van der Waals surface area (Å²) in [5.74, 6) is 0.388. The van der Waals surface area contributed by atoms with Crippen LogP contribution in [0.1, 0.15) is 26.5 Å². The van der Waals surface area contributed by atoms with Gasteiger partial charge in [-0.25, -0.2) is 4.98 Å². The molecule has 4 rings (SSSR count). The number of nitrogens with zero attached hydrogens (tertiary/aromatic N) is 1. The second-order valence-corrected chi connectivity index (χ2v) is 6.20. The number of hydrogen-bond acceptors (Lipinski definition) is 5. The van der Waals surface area contributed by atoms with Gasteiger partial charge in [0.25, 0.3) is 11.8 Å². The van der Waals surface area contributed by atoms with Crippen molar-refractivity contribution in [3.8, 4) is 11.5 Å². The molecule has 1 aromatic heterocycles. The van der Waals surface area contributed by atoms with Crippen LogP contribution in [-0.4, -0.2) is 23.6 Å². The molecule has 0 spiro atoms. The fraction of sp³-hybridized carbons (Fsp3) is 0.0952. The van der Waals surface area contributed by atoms with E-state index in [9.17, 15) is 9.59 Å². The number of carbonyl (C=O) groups excluding carboxylic acids is 2. The van der Waals surface area contributed by atoms with Crippen LogP contribution in [0.2, 0.25) is 0 Å². The van der Waals surface area contributed by atoms with Gasteiger partial charge < -0.3 is 20.1 Å². The van der Waals surface area contributed by atoms with Gasteiger partial charge in [-0.2, -0.15) is 0 Å². The summed E-state index contributed by atoms with van der Waals surface area (Å²) in [6, 6.07) is 17.3. The van der Waals surface area contributed by atoms with Gasteiger partial charge in [-0.1, -0.05) is 24.3 Å². The highest BCUT2D eigenvalue weighted by Crippen LogP contribution is 2.34. The van der Waals surface area contributed by atoms with Crippen molar-refractivity contribution < 1.29 is 19.1 Å². The maximum Gasteiger partial charge on any atom is 0.274 e. The van der Waals surface area contributed by atoms with E-state index in [1.807, 2.05) is 31.2 Å². The van der Waals surface area contributed by atoms with Gasteiger partial charge in [0, 0.05) is 17.4 Å². The Bertz CT molecular complexity index is 1070. The number of rotatable bonds is 4. The molecule has 0 unspecified atom stereocenters. The third-order valence-corrected chi connectivity index (χ3v) is 4.24. The number of para-hydroxylation sites is 1. The van der Waals surface area contributed by atoms with Gasteiger partial charge >= 0.3 is 0 Å². The predicted octanol–water partition coefficient (Wildman–Crippen LogP) is 3.62. The fourth-order valence-corrected chi connectivity index (χ4v) is 2.76. The van der Waals surface area contributed by atoms with E-state index in [2.05, 4.69) is 15.6 Å². The van der Waals surface area contributed by atoms with Crippen LogP contribution in [0.3, 0.4) is 0 Å². The fourth-order valence-electron chi connectivity index (χ4n) is 2.76. The number of fused-ring (bicyclic) bond motifs is 1. The lowest BCUT2D eigenvalue weighted by molar-refractivity contribution is 0.101. The number of benzene rings is 2. The van der Waals surface area contributed by atoms with Gasteiger partial charge in [-0.05, 0) is 42.8 Å². The molecule has 0 radical (unpaired) electrons. The molecule has 7 heteroatoms. The maximum absolute atomic E-state index is 12.5. The predicted molar refractivity (Wildman–Crippen MR) is 104 cm³/mol. The van der Waals surface area contributed by atoms with Crippen LogP contribution < -0.4 is 20.1 Å². The minimum absolute atomic E-state index is 0.134. The lowest BCUT2D eigenvalue weighted by Gasteiger charge is -2.09. The zero-order valence-corrected chi connectivity index (χ0v) is 15.1. The number of ether oxygens (including phenoxy) is 2. The number of pyridine rings is 1. The van der Waals surface area contributed by atoms with Crippen molar-refractivity contribution in [1.29, 1.82) is 0 Å². The minimum atomic E-state index is -0.426. The summed E-state index contributed by atoms with van der Waals surface area (Å²) in [5, 5.41) is 5.55. The Balaban J connectivity index is 1.49. The van der Waals surface area contributed by atoms with Crippen molar-refractivity contribution in [3.05, 3.63) is 77.6 Å². The van der Waals surface area contributed by atoms with Crippen molar-refractivity contribution in [1.82, 2.24) is 4.98 Å². The summed E-state index contributed by atoms with van der Waals surface area (Å²) < 4.78 is 10.6. The molecule has 0 saturated heterocycles. The molecule has 0 aliphatic carbocycles. The second kappa shape index (κ2) is 7.40. The van der Waals surface area contributed by atoms with E-state index in [-0.39, 0.29) is 24.1 Å². The van der Waals surface area contributed by atoms with Crippen molar-refractivity contribution in [2.45, 2.75) is 6.92 Å². The molecule has 0 bridgehead atoms. The Hall–Kier alpha value is -3.87. The normalized spacial score (nSPS) is 11.8. The molecular formula is C21H17N3O4. The number of hydrogen-bond donors (Lipinski definition) is 2. The monoisotopic (exact) mass is 375 g/mol. The molecule has 0 saturated carbocycles. The lowest BCUT2D eigenvalue weighted by atomic mass is 10.2. The Kier molecular flexibility index (Phi) is 4.63. The van der Waals surface area contributed by atoms with E-state index in [1.165, 1.54) is 0 Å².